The SMILES string of the molecule is CC[C@]1(O)Cc2c(O)c3c(c(O)c2[C@@H](O[C@H]2C[C@H](N)[C@H](O)[C@H](C)O2)C1)C(=O)c1c(O)cccc1C3=O. The monoisotopic (exact) mass is 499 g/mol. The van der Waals surface area contributed by atoms with E-state index in [-0.39, 0.29) is 53.5 Å². The number of aliphatic hydroxyl groups excluding tert-OH is 1. The first-order valence-electron chi connectivity index (χ1n) is 12.0. The van der Waals surface area contributed by atoms with Gasteiger partial charge in [0.15, 0.2) is 12.1 Å². The Bertz CT molecular complexity index is 1260. The minimum absolute atomic E-state index is 0.0122. The molecule has 0 bridgehead atoms. The van der Waals surface area contributed by atoms with Gasteiger partial charge in [-0.15, -0.1) is 0 Å². The van der Waals surface area contributed by atoms with Gasteiger partial charge in [0.2, 0.25) is 5.78 Å². The van der Waals surface area contributed by atoms with Gasteiger partial charge in [0.25, 0.3) is 0 Å². The maximum absolute atomic E-state index is 13.4. The topological polar surface area (TPSA) is 180 Å². The highest BCUT2D eigenvalue weighted by Crippen LogP contribution is 2.52. The summed E-state index contributed by atoms with van der Waals surface area (Å²) in [7, 11) is 0. The molecule has 1 saturated heterocycles. The van der Waals surface area contributed by atoms with Crippen molar-refractivity contribution in [1.82, 2.24) is 0 Å². The lowest BCUT2D eigenvalue weighted by Gasteiger charge is -2.42. The molecule has 7 N–H and O–H groups in total. The van der Waals surface area contributed by atoms with Crippen molar-refractivity contribution >= 4 is 11.6 Å². The Kier molecular flexibility index (Phi) is 5.85. The summed E-state index contributed by atoms with van der Waals surface area (Å²) in [5, 5.41) is 54.3. The number of phenolic OH excluding ortho intramolecular Hbond substituents is 3. The molecular formula is C26H29NO9. The smallest absolute Gasteiger partial charge is 0.202 e. The lowest BCUT2D eigenvalue weighted by atomic mass is 9.72. The first-order chi connectivity index (χ1) is 17.0. The van der Waals surface area contributed by atoms with Crippen molar-refractivity contribution in [3.8, 4) is 17.2 Å². The number of rotatable bonds is 3. The maximum atomic E-state index is 13.4. The van der Waals surface area contributed by atoms with Crippen LogP contribution in [-0.4, -0.2) is 67.2 Å². The number of fused-ring (bicyclic) bond motifs is 3. The van der Waals surface area contributed by atoms with Gasteiger partial charge < -0.3 is 40.7 Å². The average molecular weight is 500 g/mol. The van der Waals surface area contributed by atoms with Crippen molar-refractivity contribution in [2.75, 3.05) is 0 Å². The van der Waals surface area contributed by atoms with Crippen molar-refractivity contribution in [1.29, 1.82) is 0 Å². The summed E-state index contributed by atoms with van der Waals surface area (Å²) in [4.78, 5) is 26.7. The van der Waals surface area contributed by atoms with Crippen LogP contribution in [0.25, 0.3) is 0 Å². The third kappa shape index (κ3) is 3.60. The second-order valence-electron chi connectivity index (χ2n) is 9.94. The van der Waals surface area contributed by atoms with Gasteiger partial charge in [-0.05, 0) is 19.4 Å². The van der Waals surface area contributed by atoms with Gasteiger partial charge in [0.05, 0.1) is 40.6 Å². The van der Waals surface area contributed by atoms with Crippen LogP contribution in [0.1, 0.15) is 82.2 Å². The molecule has 2 aliphatic carbocycles. The molecule has 6 atom stereocenters. The zero-order valence-electron chi connectivity index (χ0n) is 19.9. The summed E-state index contributed by atoms with van der Waals surface area (Å²) in [6, 6.07) is 3.40. The molecule has 2 aromatic carbocycles. The van der Waals surface area contributed by atoms with Crippen LogP contribution in [0.5, 0.6) is 17.2 Å². The summed E-state index contributed by atoms with van der Waals surface area (Å²) in [6.07, 6.45) is -3.09. The molecule has 0 aromatic heterocycles. The number of nitrogens with two attached hydrogens (primary N) is 1. The van der Waals surface area contributed by atoms with Crippen molar-refractivity contribution in [3.63, 3.8) is 0 Å². The molecule has 192 valence electrons. The van der Waals surface area contributed by atoms with E-state index in [1.54, 1.807) is 13.8 Å². The minimum Gasteiger partial charge on any atom is -0.507 e. The van der Waals surface area contributed by atoms with E-state index in [1.165, 1.54) is 18.2 Å². The number of carbonyl (C=O) groups excluding carboxylic acids is 2. The number of aromatic hydroxyl groups is 3. The zero-order chi connectivity index (χ0) is 26.1. The van der Waals surface area contributed by atoms with E-state index < -0.39 is 70.6 Å². The van der Waals surface area contributed by atoms with Crippen LogP contribution in [0.4, 0.5) is 0 Å². The fraction of sp³-hybridized carbons (Fsp3) is 0.462. The van der Waals surface area contributed by atoms with Gasteiger partial charge in [-0.25, -0.2) is 0 Å². The second-order valence-corrected chi connectivity index (χ2v) is 9.94. The van der Waals surface area contributed by atoms with E-state index >= 15 is 0 Å². The molecule has 0 saturated carbocycles. The summed E-state index contributed by atoms with van der Waals surface area (Å²) in [5.41, 5.74) is 3.71. The molecule has 5 rings (SSSR count). The minimum atomic E-state index is -1.34. The Balaban J connectivity index is 1.66. The number of carbonyl (C=O) groups is 2. The van der Waals surface area contributed by atoms with Crippen LogP contribution in [0.15, 0.2) is 18.2 Å². The molecule has 1 fully saturated rings. The Labute approximate surface area is 206 Å². The van der Waals surface area contributed by atoms with Gasteiger partial charge in [-0.2, -0.15) is 0 Å². The first kappa shape index (κ1) is 24.7. The van der Waals surface area contributed by atoms with E-state index in [9.17, 15) is 35.1 Å². The van der Waals surface area contributed by atoms with Crippen molar-refractivity contribution in [2.45, 2.75) is 75.8 Å². The lowest BCUT2D eigenvalue weighted by Crippen LogP contribution is -2.52. The number of hydrogen-bond donors (Lipinski definition) is 6. The molecule has 0 radical (unpaired) electrons. The molecule has 0 unspecified atom stereocenters. The fourth-order valence-corrected chi connectivity index (χ4v) is 5.58. The van der Waals surface area contributed by atoms with Crippen LogP contribution < -0.4 is 5.73 Å². The zero-order valence-corrected chi connectivity index (χ0v) is 19.9. The fourth-order valence-electron chi connectivity index (χ4n) is 5.58. The maximum Gasteiger partial charge on any atom is 0.202 e. The Morgan fingerprint density at radius 2 is 1.81 bits per heavy atom. The van der Waals surface area contributed by atoms with Gasteiger partial charge in [-0.3, -0.25) is 9.59 Å². The van der Waals surface area contributed by atoms with Crippen molar-refractivity contribution in [2.24, 2.45) is 5.73 Å². The highest BCUT2D eigenvalue weighted by molar-refractivity contribution is 6.31. The predicted octanol–water partition coefficient (Wildman–Crippen LogP) is 1.55. The number of hydrogen-bond acceptors (Lipinski definition) is 10. The summed E-state index contributed by atoms with van der Waals surface area (Å²) >= 11 is 0. The quantitative estimate of drug-likeness (QED) is 0.289. The number of ketones is 2. The molecular weight excluding hydrogens is 470 g/mol. The summed E-state index contributed by atoms with van der Waals surface area (Å²) in [6.45, 7) is 3.40. The molecule has 2 aromatic rings. The van der Waals surface area contributed by atoms with Gasteiger partial charge in [0, 0.05) is 42.0 Å². The number of aliphatic hydroxyl groups is 2. The highest BCUT2D eigenvalue weighted by Gasteiger charge is 2.47. The Hall–Kier alpha value is -3.02. The van der Waals surface area contributed by atoms with E-state index in [2.05, 4.69) is 0 Å². The highest BCUT2D eigenvalue weighted by atomic mass is 16.7. The van der Waals surface area contributed by atoms with Crippen molar-refractivity contribution in [3.05, 3.63) is 51.6 Å². The number of phenols is 3. The van der Waals surface area contributed by atoms with E-state index in [1.807, 2.05) is 0 Å². The predicted molar refractivity (Wildman–Crippen MR) is 125 cm³/mol. The van der Waals surface area contributed by atoms with Gasteiger partial charge in [-0.1, -0.05) is 19.1 Å². The molecule has 10 heteroatoms. The van der Waals surface area contributed by atoms with Crippen molar-refractivity contribution < 1.29 is 44.6 Å². The molecule has 0 spiro atoms. The molecule has 1 aliphatic heterocycles. The third-order valence-corrected chi connectivity index (χ3v) is 7.68. The lowest BCUT2D eigenvalue weighted by molar-refractivity contribution is -0.247. The second kappa shape index (κ2) is 8.53. The molecule has 10 nitrogen and oxygen atoms in total. The first-order valence-corrected chi connectivity index (χ1v) is 12.0. The number of benzene rings is 2. The molecule has 3 aliphatic rings. The Morgan fingerprint density at radius 3 is 2.47 bits per heavy atom. The third-order valence-electron chi connectivity index (χ3n) is 7.68. The van der Waals surface area contributed by atoms with Gasteiger partial charge >= 0.3 is 0 Å². The molecule has 1 heterocycles. The largest absolute Gasteiger partial charge is 0.507 e. The summed E-state index contributed by atoms with van der Waals surface area (Å²) < 4.78 is 11.9. The van der Waals surface area contributed by atoms with Crippen LogP contribution in [0.3, 0.4) is 0 Å². The van der Waals surface area contributed by atoms with E-state index in [4.69, 9.17) is 15.2 Å². The average Bonchev–Trinajstić information content (AvgIpc) is 2.82. The summed E-state index contributed by atoms with van der Waals surface area (Å²) in [5.74, 6) is -3.02. The number of ether oxygens (including phenoxy) is 2. The standard InChI is InChI=1S/C26H29NO9/c1-3-26(34)8-12-18(15(9-26)36-16-7-13(27)21(29)10(2)35-16)25(33)20-19(23(12)31)22(30)11-5-4-6-14(28)17(11)24(20)32/h4-6,10,13,15-16,21,28-29,31,33-34H,3,7-9,27H2,1-2H3/t10-,13-,15-,16-,21+,26-/m0/s1. The van der Waals surface area contributed by atoms with Crippen LogP contribution in [-0.2, 0) is 15.9 Å². The van der Waals surface area contributed by atoms with Crippen LogP contribution in [0.2, 0.25) is 0 Å². The molecule has 0 amide bonds. The van der Waals surface area contributed by atoms with E-state index in [0.717, 1.165) is 0 Å². The molecule has 36 heavy (non-hydrogen) atoms. The van der Waals surface area contributed by atoms with Crippen LogP contribution >= 0.6 is 0 Å². The van der Waals surface area contributed by atoms with Gasteiger partial charge in [0.1, 0.15) is 17.2 Å². The van der Waals surface area contributed by atoms with Crippen LogP contribution in [0, 0.1) is 0 Å². The Morgan fingerprint density at radius 1 is 1.11 bits per heavy atom. The van der Waals surface area contributed by atoms with E-state index in [0.29, 0.717) is 0 Å². The normalized spacial score (nSPS) is 31.5.